The van der Waals surface area contributed by atoms with Crippen molar-refractivity contribution >= 4 is 12.3 Å². The van der Waals surface area contributed by atoms with Gasteiger partial charge in [-0.05, 0) is 30.2 Å². The number of benzene rings is 2. The summed E-state index contributed by atoms with van der Waals surface area (Å²) >= 11 is 0. The topological polar surface area (TPSA) is 21.6 Å². The fourth-order valence-corrected chi connectivity index (χ4v) is 1.72. The number of rotatable bonds is 5. The third-order valence-corrected chi connectivity index (χ3v) is 2.68. The summed E-state index contributed by atoms with van der Waals surface area (Å²) in [7, 11) is 0. The van der Waals surface area contributed by atoms with Crippen LogP contribution in [0.4, 0.5) is 0 Å². The molecule has 2 aromatic rings. The van der Waals surface area contributed by atoms with Gasteiger partial charge >= 0.3 is 0 Å². The molecule has 2 aromatic carbocycles. The summed E-state index contributed by atoms with van der Waals surface area (Å²) in [5.74, 6) is 0. The van der Waals surface area contributed by atoms with Crippen LogP contribution in [0.5, 0.6) is 0 Å². The van der Waals surface area contributed by atoms with Gasteiger partial charge in [0.2, 0.25) is 0 Å². The van der Waals surface area contributed by atoms with E-state index in [1.54, 1.807) is 0 Å². The van der Waals surface area contributed by atoms with Crippen LogP contribution < -0.4 is 0 Å². The first-order valence-corrected chi connectivity index (χ1v) is 6.14. The van der Waals surface area contributed by atoms with Crippen molar-refractivity contribution in [2.75, 3.05) is 0 Å². The van der Waals surface area contributed by atoms with E-state index in [1.807, 2.05) is 61.5 Å². The zero-order valence-corrected chi connectivity index (χ0v) is 11.0. The average Bonchev–Trinajstić information content (AvgIpc) is 2.44. The fraction of sp³-hybridized carbons (Fsp3) is 0.118. The number of nitrogens with zero attached hydrogens (tertiary/aromatic N) is 1. The van der Waals surface area contributed by atoms with Gasteiger partial charge in [-0.1, -0.05) is 59.8 Å². The standard InChI is InChI=1S/C17H16NO/c1-3-15-7-5-9-17(11-15)13-19-18-12-16-8-4-6-14(2)10-16/h3-11H,1,13H2,2H3. The third kappa shape index (κ3) is 4.11. The summed E-state index contributed by atoms with van der Waals surface area (Å²) in [6, 6.07) is 15.9. The molecule has 0 atom stereocenters. The van der Waals surface area contributed by atoms with Crippen LogP contribution in [0.1, 0.15) is 22.3 Å². The first-order valence-electron chi connectivity index (χ1n) is 6.14. The highest BCUT2D eigenvalue weighted by molar-refractivity contribution is 5.79. The van der Waals surface area contributed by atoms with Crippen LogP contribution in [0.3, 0.4) is 0 Å². The second kappa shape index (κ2) is 6.55. The molecule has 0 spiro atoms. The second-order valence-corrected chi connectivity index (χ2v) is 4.30. The van der Waals surface area contributed by atoms with Crippen LogP contribution in [-0.2, 0) is 11.4 Å². The van der Waals surface area contributed by atoms with Crippen LogP contribution in [0, 0.1) is 6.92 Å². The van der Waals surface area contributed by atoms with E-state index >= 15 is 0 Å². The summed E-state index contributed by atoms with van der Waals surface area (Å²) in [5, 5.41) is 3.86. The quantitative estimate of drug-likeness (QED) is 0.579. The molecular formula is C17H16NO. The molecule has 0 saturated heterocycles. The first-order chi connectivity index (χ1) is 9.28. The minimum Gasteiger partial charge on any atom is -0.390 e. The van der Waals surface area contributed by atoms with Crippen molar-refractivity contribution in [3.05, 3.63) is 77.4 Å². The van der Waals surface area contributed by atoms with E-state index < -0.39 is 0 Å². The molecule has 0 saturated carbocycles. The predicted octanol–water partition coefficient (Wildman–Crippen LogP) is 4.07. The molecule has 95 valence electrons. The Hall–Kier alpha value is -2.35. The van der Waals surface area contributed by atoms with Crippen molar-refractivity contribution in [1.82, 2.24) is 0 Å². The van der Waals surface area contributed by atoms with Gasteiger partial charge < -0.3 is 4.84 Å². The summed E-state index contributed by atoms with van der Waals surface area (Å²) in [5.41, 5.74) is 4.23. The summed E-state index contributed by atoms with van der Waals surface area (Å²) in [6.45, 7) is 6.21. The maximum Gasteiger partial charge on any atom is 0.142 e. The molecule has 0 unspecified atom stereocenters. The van der Waals surface area contributed by atoms with E-state index in [2.05, 4.69) is 17.9 Å². The lowest BCUT2D eigenvalue weighted by Crippen LogP contribution is -1.89. The van der Waals surface area contributed by atoms with Gasteiger partial charge in [0, 0.05) is 5.56 Å². The summed E-state index contributed by atoms with van der Waals surface area (Å²) < 4.78 is 0. The Kier molecular flexibility index (Phi) is 4.51. The predicted molar refractivity (Wildman–Crippen MR) is 79.0 cm³/mol. The lowest BCUT2D eigenvalue weighted by atomic mass is 10.1. The van der Waals surface area contributed by atoms with Crippen molar-refractivity contribution in [2.45, 2.75) is 13.5 Å². The van der Waals surface area contributed by atoms with Gasteiger partial charge in [0.25, 0.3) is 0 Å². The van der Waals surface area contributed by atoms with Crippen molar-refractivity contribution in [3.8, 4) is 0 Å². The molecule has 0 aliphatic rings. The van der Waals surface area contributed by atoms with Crippen LogP contribution in [0.25, 0.3) is 6.08 Å². The molecule has 2 nitrogen and oxygen atoms in total. The van der Waals surface area contributed by atoms with Gasteiger partial charge in [-0.15, -0.1) is 0 Å². The molecule has 0 fully saturated rings. The highest BCUT2D eigenvalue weighted by Gasteiger charge is 1.94. The zero-order valence-electron chi connectivity index (χ0n) is 11.0. The Morgan fingerprint density at radius 3 is 2.84 bits per heavy atom. The highest BCUT2D eigenvalue weighted by Crippen LogP contribution is 2.08. The second-order valence-electron chi connectivity index (χ2n) is 4.30. The van der Waals surface area contributed by atoms with E-state index in [0.29, 0.717) is 6.61 Å². The van der Waals surface area contributed by atoms with Gasteiger partial charge in [0.1, 0.15) is 12.8 Å². The molecular weight excluding hydrogens is 234 g/mol. The molecule has 19 heavy (non-hydrogen) atoms. The van der Waals surface area contributed by atoms with E-state index in [1.165, 1.54) is 5.56 Å². The smallest absolute Gasteiger partial charge is 0.142 e. The van der Waals surface area contributed by atoms with Gasteiger partial charge in [0.05, 0.1) is 0 Å². The largest absolute Gasteiger partial charge is 0.390 e. The van der Waals surface area contributed by atoms with Crippen LogP contribution in [0.2, 0.25) is 0 Å². The molecule has 0 N–H and O–H groups in total. The minimum absolute atomic E-state index is 0.431. The number of aryl methyl sites for hydroxylation is 1. The maximum absolute atomic E-state index is 5.24. The number of hydrogen-bond acceptors (Lipinski definition) is 2. The Morgan fingerprint density at radius 2 is 2.05 bits per heavy atom. The van der Waals surface area contributed by atoms with Gasteiger partial charge in [-0.3, -0.25) is 0 Å². The molecule has 0 heterocycles. The summed E-state index contributed by atoms with van der Waals surface area (Å²) in [4.78, 5) is 5.24. The molecule has 2 heteroatoms. The lowest BCUT2D eigenvalue weighted by molar-refractivity contribution is 0.132. The zero-order chi connectivity index (χ0) is 13.5. The number of hydrogen-bond donors (Lipinski definition) is 0. The Morgan fingerprint density at radius 1 is 1.21 bits per heavy atom. The van der Waals surface area contributed by atoms with Crippen molar-refractivity contribution < 1.29 is 4.84 Å². The SMILES string of the molecule is C=Cc1cccc(CO/N=[C]\c2cccc(C)c2)c1. The lowest BCUT2D eigenvalue weighted by Gasteiger charge is -2.01. The van der Waals surface area contributed by atoms with Crippen LogP contribution in [-0.4, -0.2) is 6.21 Å². The average molecular weight is 250 g/mol. The first kappa shape index (κ1) is 13.1. The van der Waals surface area contributed by atoms with E-state index in [0.717, 1.165) is 16.7 Å². The Balaban J connectivity index is 1.91. The summed E-state index contributed by atoms with van der Waals surface area (Å²) in [6.07, 6.45) is 4.68. The molecule has 0 bridgehead atoms. The monoisotopic (exact) mass is 250 g/mol. The maximum atomic E-state index is 5.24. The van der Waals surface area contributed by atoms with Crippen molar-refractivity contribution in [3.63, 3.8) is 0 Å². The molecule has 0 aromatic heterocycles. The van der Waals surface area contributed by atoms with E-state index in [9.17, 15) is 0 Å². The van der Waals surface area contributed by atoms with Gasteiger partial charge in [-0.2, -0.15) is 0 Å². The molecule has 0 aliphatic heterocycles. The van der Waals surface area contributed by atoms with Crippen LogP contribution in [0.15, 0.2) is 60.3 Å². The van der Waals surface area contributed by atoms with E-state index in [-0.39, 0.29) is 0 Å². The molecule has 1 radical (unpaired) electrons. The van der Waals surface area contributed by atoms with Crippen molar-refractivity contribution in [2.24, 2.45) is 5.16 Å². The van der Waals surface area contributed by atoms with Gasteiger partial charge in [-0.25, -0.2) is 0 Å². The third-order valence-electron chi connectivity index (χ3n) is 2.68. The van der Waals surface area contributed by atoms with Crippen molar-refractivity contribution in [1.29, 1.82) is 0 Å². The van der Waals surface area contributed by atoms with Crippen LogP contribution >= 0.6 is 0 Å². The molecule has 0 amide bonds. The molecule has 0 aliphatic carbocycles. The molecule has 2 rings (SSSR count). The Bertz CT molecular complexity index is 587. The minimum atomic E-state index is 0.431. The van der Waals surface area contributed by atoms with E-state index in [4.69, 9.17) is 4.84 Å². The van der Waals surface area contributed by atoms with Gasteiger partial charge in [0.15, 0.2) is 0 Å². The Labute approximate surface area is 114 Å². The fourth-order valence-electron chi connectivity index (χ4n) is 1.72. The normalized spacial score (nSPS) is 10.6. The highest BCUT2D eigenvalue weighted by atomic mass is 16.6.